The molecule has 1 aromatic heterocycles. The number of nitrogens with zero attached hydrogens (tertiary/aromatic N) is 1. The second-order valence-corrected chi connectivity index (χ2v) is 4.65. The Morgan fingerprint density at radius 2 is 2.39 bits per heavy atom. The average Bonchev–Trinajstić information content (AvgIpc) is 2.38. The number of hydrogen-bond donors (Lipinski definition) is 1. The number of aromatic nitrogens is 1. The molecule has 1 fully saturated rings. The molecule has 0 spiro atoms. The van der Waals surface area contributed by atoms with Crippen LogP contribution in [0, 0.1) is 0 Å². The Kier molecular flexibility index (Phi) is 3.65. The van der Waals surface area contributed by atoms with Crippen molar-refractivity contribution in [3.05, 3.63) is 36.5 Å². The van der Waals surface area contributed by atoms with Crippen molar-refractivity contribution in [1.29, 1.82) is 0 Å². The summed E-state index contributed by atoms with van der Waals surface area (Å²) in [6, 6.07) is 3.90. The zero-order valence-electron chi connectivity index (χ0n) is 10.6. The third kappa shape index (κ3) is 2.37. The summed E-state index contributed by atoms with van der Waals surface area (Å²) in [5.41, 5.74) is 1.21. The van der Waals surface area contributed by atoms with Crippen molar-refractivity contribution in [2.24, 2.45) is 0 Å². The molecule has 1 heterocycles. The molecule has 1 saturated carbocycles. The SMILES string of the molecule is C=CC(=O)NCC1(c2ccc(OC)nc2)CCC1. The van der Waals surface area contributed by atoms with Crippen LogP contribution in [0.5, 0.6) is 5.88 Å². The van der Waals surface area contributed by atoms with Crippen LogP contribution in [0.3, 0.4) is 0 Å². The fourth-order valence-electron chi connectivity index (χ4n) is 2.31. The van der Waals surface area contributed by atoms with Crippen molar-refractivity contribution in [2.45, 2.75) is 24.7 Å². The molecule has 1 aromatic rings. The zero-order valence-corrected chi connectivity index (χ0v) is 10.6. The number of carbonyl (C=O) groups is 1. The van der Waals surface area contributed by atoms with Gasteiger partial charge in [-0.2, -0.15) is 0 Å². The summed E-state index contributed by atoms with van der Waals surface area (Å²) in [7, 11) is 1.60. The van der Waals surface area contributed by atoms with Crippen LogP contribution in [0.15, 0.2) is 31.0 Å². The highest BCUT2D eigenvalue weighted by Gasteiger charge is 2.39. The Hall–Kier alpha value is -1.84. The fourth-order valence-corrected chi connectivity index (χ4v) is 2.31. The zero-order chi connectivity index (χ0) is 13.0. The van der Waals surface area contributed by atoms with Gasteiger partial charge in [0.15, 0.2) is 0 Å². The van der Waals surface area contributed by atoms with Crippen molar-refractivity contribution in [2.75, 3.05) is 13.7 Å². The van der Waals surface area contributed by atoms with Gasteiger partial charge in [-0.3, -0.25) is 4.79 Å². The molecule has 2 rings (SSSR count). The van der Waals surface area contributed by atoms with Crippen molar-refractivity contribution >= 4 is 5.91 Å². The smallest absolute Gasteiger partial charge is 0.243 e. The van der Waals surface area contributed by atoms with E-state index in [0.29, 0.717) is 12.4 Å². The van der Waals surface area contributed by atoms with E-state index in [4.69, 9.17) is 4.74 Å². The largest absolute Gasteiger partial charge is 0.481 e. The molecular formula is C14H18N2O2. The summed E-state index contributed by atoms with van der Waals surface area (Å²) in [5.74, 6) is 0.492. The highest BCUT2D eigenvalue weighted by molar-refractivity contribution is 5.86. The van der Waals surface area contributed by atoms with E-state index < -0.39 is 0 Å². The lowest BCUT2D eigenvalue weighted by Crippen LogP contribution is -2.45. The summed E-state index contributed by atoms with van der Waals surface area (Å²) in [6.07, 6.45) is 6.50. The first kappa shape index (κ1) is 12.6. The Morgan fingerprint density at radius 3 is 2.83 bits per heavy atom. The lowest BCUT2D eigenvalue weighted by molar-refractivity contribution is -0.116. The van der Waals surface area contributed by atoms with Gasteiger partial charge >= 0.3 is 0 Å². The van der Waals surface area contributed by atoms with Crippen LogP contribution in [-0.4, -0.2) is 24.5 Å². The highest BCUT2D eigenvalue weighted by Crippen LogP contribution is 2.43. The predicted octanol–water partition coefficient (Wildman–Crippen LogP) is 1.81. The van der Waals surface area contributed by atoms with Gasteiger partial charge in [0, 0.05) is 24.2 Å². The number of rotatable bonds is 5. The number of ether oxygens (including phenoxy) is 1. The van der Waals surface area contributed by atoms with E-state index in [1.54, 1.807) is 7.11 Å². The van der Waals surface area contributed by atoms with Crippen molar-refractivity contribution in [1.82, 2.24) is 10.3 Å². The molecule has 4 nitrogen and oxygen atoms in total. The van der Waals surface area contributed by atoms with Gasteiger partial charge in [0.25, 0.3) is 0 Å². The quantitative estimate of drug-likeness (QED) is 0.806. The highest BCUT2D eigenvalue weighted by atomic mass is 16.5. The minimum atomic E-state index is -0.122. The van der Waals surface area contributed by atoms with E-state index in [1.165, 1.54) is 18.1 Å². The number of methoxy groups -OCH3 is 1. The predicted molar refractivity (Wildman–Crippen MR) is 69.5 cm³/mol. The normalized spacial score (nSPS) is 16.5. The first-order chi connectivity index (χ1) is 8.70. The van der Waals surface area contributed by atoms with Gasteiger partial charge in [-0.25, -0.2) is 4.98 Å². The summed E-state index contributed by atoms with van der Waals surface area (Å²) in [5, 5.41) is 2.89. The number of hydrogen-bond acceptors (Lipinski definition) is 3. The topological polar surface area (TPSA) is 51.2 Å². The van der Waals surface area contributed by atoms with Crippen molar-refractivity contribution in [3.63, 3.8) is 0 Å². The van der Waals surface area contributed by atoms with Gasteiger partial charge in [-0.05, 0) is 24.5 Å². The second-order valence-electron chi connectivity index (χ2n) is 4.65. The van der Waals surface area contributed by atoms with Gasteiger partial charge in [-0.15, -0.1) is 0 Å². The summed E-state index contributed by atoms with van der Waals surface area (Å²) in [4.78, 5) is 15.5. The minimum absolute atomic E-state index is 0.0396. The molecule has 1 aliphatic carbocycles. The minimum Gasteiger partial charge on any atom is -0.481 e. The molecule has 0 saturated heterocycles. The van der Waals surface area contributed by atoms with Crippen molar-refractivity contribution < 1.29 is 9.53 Å². The molecule has 0 aliphatic heterocycles. The standard InChI is InChI=1S/C14H18N2O2/c1-3-12(17)16-10-14(7-4-8-14)11-5-6-13(18-2)15-9-11/h3,5-6,9H,1,4,7-8,10H2,2H3,(H,16,17). The van der Waals surface area contributed by atoms with E-state index in [1.807, 2.05) is 18.3 Å². The van der Waals surface area contributed by atoms with Crippen molar-refractivity contribution in [3.8, 4) is 5.88 Å². The van der Waals surface area contributed by atoms with Crippen LogP contribution in [0.4, 0.5) is 0 Å². The second kappa shape index (κ2) is 5.21. The lowest BCUT2D eigenvalue weighted by atomic mass is 9.65. The van der Waals surface area contributed by atoms with E-state index in [2.05, 4.69) is 16.9 Å². The maximum absolute atomic E-state index is 11.3. The van der Waals surface area contributed by atoms with Crippen LogP contribution in [0.2, 0.25) is 0 Å². The molecule has 18 heavy (non-hydrogen) atoms. The molecule has 4 heteroatoms. The van der Waals surface area contributed by atoms with Crippen LogP contribution in [0.25, 0.3) is 0 Å². The third-order valence-electron chi connectivity index (χ3n) is 3.65. The summed E-state index contributed by atoms with van der Waals surface area (Å²) < 4.78 is 5.05. The summed E-state index contributed by atoms with van der Waals surface area (Å²) in [6.45, 7) is 4.10. The van der Waals surface area contributed by atoms with Gasteiger partial charge in [0.1, 0.15) is 0 Å². The molecule has 1 N–H and O–H groups in total. The summed E-state index contributed by atoms with van der Waals surface area (Å²) >= 11 is 0. The van der Waals surface area contributed by atoms with Gasteiger partial charge < -0.3 is 10.1 Å². The van der Waals surface area contributed by atoms with E-state index in [-0.39, 0.29) is 11.3 Å². The number of nitrogens with one attached hydrogen (secondary N) is 1. The molecule has 1 aliphatic rings. The number of amides is 1. The van der Waals surface area contributed by atoms with Gasteiger partial charge in [0.05, 0.1) is 7.11 Å². The number of carbonyl (C=O) groups excluding carboxylic acids is 1. The maximum atomic E-state index is 11.3. The van der Waals surface area contributed by atoms with E-state index in [9.17, 15) is 4.79 Å². The van der Waals surface area contributed by atoms with Crippen LogP contribution in [0.1, 0.15) is 24.8 Å². The monoisotopic (exact) mass is 246 g/mol. The third-order valence-corrected chi connectivity index (χ3v) is 3.65. The van der Waals surface area contributed by atoms with Gasteiger partial charge in [-0.1, -0.05) is 19.1 Å². The molecule has 0 radical (unpaired) electrons. The molecule has 0 atom stereocenters. The fraction of sp³-hybridized carbons (Fsp3) is 0.429. The average molecular weight is 246 g/mol. The number of pyridine rings is 1. The van der Waals surface area contributed by atoms with Gasteiger partial charge in [0.2, 0.25) is 11.8 Å². The Balaban J connectivity index is 2.10. The first-order valence-corrected chi connectivity index (χ1v) is 6.11. The Labute approximate surface area is 107 Å². The maximum Gasteiger partial charge on any atom is 0.243 e. The molecular weight excluding hydrogens is 228 g/mol. The molecule has 1 amide bonds. The Morgan fingerprint density at radius 1 is 1.61 bits per heavy atom. The van der Waals surface area contributed by atoms with Crippen LogP contribution >= 0.6 is 0 Å². The van der Waals surface area contributed by atoms with Crippen LogP contribution in [-0.2, 0) is 10.2 Å². The van der Waals surface area contributed by atoms with E-state index in [0.717, 1.165) is 12.8 Å². The first-order valence-electron chi connectivity index (χ1n) is 6.11. The molecule has 0 aromatic carbocycles. The van der Waals surface area contributed by atoms with Crippen LogP contribution < -0.4 is 10.1 Å². The Bertz CT molecular complexity index is 436. The molecule has 96 valence electrons. The lowest BCUT2D eigenvalue weighted by Gasteiger charge is -2.42. The molecule has 0 bridgehead atoms. The molecule has 0 unspecified atom stereocenters. The van der Waals surface area contributed by atoms with E-state index >= 15 is 0 Å².